The predicted molar refractivity (Wildman–Crippen MR) is 58.8 cm³/mol. The largest absolute Gasteiger partial charge is 0.235 e. The molecule has 0 aromatic carbocycles. The van der Waals surface area contributed by atoms with Crippen molar-refractivity contribution >= 4 is 16.1 Å². The highest BCUT2D eigenvalue weighted by Crippen LogP contribution is 2.23. The van der Waals surface area contributed by atoms with Gasteiger partial charge >= 0.3 is 0 Å². The summed E-state index contributed by atoms with van der Waals surface area (Å²) in [6.07, 6.45) is 2.61. The zero-order valence-corrected chi connectivity index (χ0v) is 10.6. The molecule has 0 radical (unpaired) electrons. The van der Waals surface area contributed by atoms with Gasteiger partial charge in [0.2, 0.25) is 16.1 Å². The van der Waals surface area contributed by atoms with Gasteiger partial charge in [-0.15, -0.1) is 0 Å². The Morgan fingerprint density at radius 1 is 1.40 bits per heavy atom. The molecule has 0 bridgehead atoms. The third-order valence-corrected chi connectivity index (χ3v) is 3.49. The lowest BCUT2D eigenvalue weighted by Gasteiger charge is -2.28. The molecule has 1 atom stereocenters. The fourth-order valence-corrected chi connectivity index (χ4v) is 1.36. The lowest BCUT2D eigenvalue weighted by molar-refractivity contribution is 0.281. The summed E-state index contributed by atoms with van der Waals surface area (Å²) in [7, 11) is -1.77. The molecule has 0 aliphatic rings. The number of hydrogen-bond donors (Lipinski definition) is 0. The SMILES string of the molecule is CN(CC(N=C=O)C(C)(C)C)S(C)(=O)=O. The molecule has 0 heterocycles. The molecule has 0 rings (SSSR count). The summed E-state index contributed by atoms with van der Waals surface area (Å²) in [5, 5.41) is 0. The third-order valence-electron chi connectivity index (χ3n) is 2.20. The lowest BCUT2D eigenvalue weighted by atomic mass is 9.87. The number of likely N-dealkylation sites (N-methyl/N-ethyl adjacent to an activating group) is 1. The molecule has 88 valence electrons. The van der Waals surface area contributed by atoms with Crippen molar-refractivity contribution in [3.05, 3.63) is 0 Å². The first-order valence-electron chi connectivity index (χ1n) is 4.57. The van der Waals surface area contributed by atoms with Gasteiger partial charge in [0.1, 0.15) is 0 Å². The van der Waals surface area contributed by atoms with Crippen LogP contribution in [0.3, 0.4) is 0 Å². The second-order valence-corrected chi connectivity index (χ2v) is 6.74. The fraction of sp³-hybridized carbons (Fsp3) is 0.889. The van der Waals surface area contributed by atoms with Crippen LogP contribution in [0.15, 0.2) is 4.99 Å². The van der Waals surface area contributed by atoms with Gasteiger partial charge in [-0.2, -0.15) is 0 Å². The van der Waals surface area contributed by atoms with Crippen LogP contribution in [-0.2, 0) is 14.8 Å². The zero-order chi connectivity index (χ0) is 12.3. The average molecular weight is 234 g/mol. The van der Waals surface area contributed by atoms with Crippen LogP contribution in [0.5, 0.6) is 0 Å². The fourth-order valence-electron chi connectivity index (χ4n) is 0.951. The van der Waals surface area contributed by atoms with E-state index in [1.165, 1.54) is 17.4 Å². The standard InChI is InChI=1S/C9H18N2O3S/c1-9(2,3)8(10-7-12)6-11(4)15(5,13)14/h8H,6H2,1-5H3. The molecular formula is C9H18N2O3S. The van der Waals surface area contributed by atoms with Crippen LogP contribution in [0.2, 0.25) is 0 Å². The third kappa shape index (κ3) is 5.06. The van der Waals surface area contributed by atoms with Gasteiger partial charge in [0, 0.05) is 13.6 Å². The highest BCUT2D eigenvalue weighted by molar-refractivity contribution is 7.88. The van der Waals surface area contributed by atoms with Crippen LogP contribution >= 0.6 is 0 Å². The Hall–Kier alpha value is -0.710. The molecule has 0 aromatic rings. The first-order chi connectivity index (χ1) is 6.59. The first kappa shape index (κ1) is 14.3. The summed E-state index contributed by atoms with van der Waals surface area (Å²) < 4.78 is 23.6. The first-order valence-corrected chi connectivity index (χ1v) is 6.42. The molecule has 0 fully saturated rings. The van der Waals surface area contributed by atoms with Crippen LogP contribution in [0.1, 0.15) is 20.8 Å². The van der Waals surface area contributed by atoms with E-state index < -0.39 is 10.0 Å². The Morgan fingerprint density at radius 2 is 1.87 bits per heavy atom. The van der Waals surface area contributed by atoms with Gasteiger partial charge in [0.25, 0.3) is 0 Å². The van der Waals surface area contributed by atoms with Crippen LogP contribution in [0.4, 0.5) is 0 Å². The van der Waals surface area contributed by atoms with Gasteiger partial charge in [-0.05, 0) is 5.41 Å². The van der Waals surface area contributed by atoms with E-state index in [1.54, 1.807) is 0 Å². The van der Waals surface area contributed by atoms with E-state index >= 15 is 0 Å². The van der Waals surface area contributed by atoms with Crippen LogP contribution < -0.4 is 0 Å². The molecule has 0 saturated carbocycles. The Labute approximate surface area is 91.2 Å². The van der Waals surface area contributed by atoms with Crippen LogP contribution in [-0.4, -0.2) is 44.7 Å². The van der Waals surface area contributed by atoms with E-state index in [-0.39, 0.29) is 18.0 Å². The van der Waals surface area contributed by atoms with Crippen molar-refractivity contribution in [2.45, 2.75) is 26.8 Å². The minimum absolute atomic E-state index is 0.192. The molecule has 15 heavy (non-hydrogen) atoms. The van der Waals surface area contributed by atoms with Crippen molar-refractivity contribution in [2.75, 3.05) is 19.8 Å². The maximum Gasteiger partial charge on any atom is 0.235 e. The number of sulfonamides is 1. The Kier molecular flexibility index (Phi) is 4.65. The summed E-state index contributed by atoms with van der Waals surface area (Å²) in [5.41, 5.74) is -0.268. The van der Waals surface area contributed by atoms with Crippen molar-refractivity contribution in [1.82, 2.24) is 4.31 Å². The number of carbonyl (C=O) groups excluding carboxylic acids is 1. The monoisotopic (exact) mass is 234 g/mol. The molecular weight excluding hydrogens is 216 g/mol. The number of isocyanates is 1. The van der Waals surface area contributed by atoms with Crippen molar-refractivity contribution < 1.29 is 13.2 Å². The van der Waals surface area contributed by atoms with Gasteiger partial charge in [0.05, 0.1) is 12.3 Å². The molecule has 0 aliphatic carbocycles. The van der Waals surface area contributed by atoms with Crippen LogP contribution in [0, 0.1) is 5.41 Å². The van der Waals surface area contributed by atoms with Crippen molar-refractivity contribution in [2.24, 2.45) is 10.4 Å². The second-order valence-electron chi connectivity index (χ2n) is 4.65. The number of rotatable bonds is 4. The second kappa shape index (κ2) is 4.88. The van der Waals surface area contributed by atoms with E-state index in [0.29, 0.717) is 0 Å². The van der Waals surface area contributed by atoms with Gasteiger partial charge in [0.15, 0.2) is 0 Å². The van der Waals surface area contributed by atoms with Gasteiger partial charge in [-0.3, -0.25) is 0 Å². The highest BCUT2D eigenvalue weighted by atomic mass is 32.2. The Bertz CT molecular complexity index is 350. The molecule has 5 nitrogen and oxygen atoms in total. The molecule has 0 spiro atoms. The maximum absolute atomic E-state index is 11.2. The molecule has 0 N–H and O–H groups in total. The van der Waals surface area contributed by atoms with Gasteiger partial charge < -0.3 is 0 Å². The molecule has 6 heteroatoms. The summed E-state index contributed by atoms with van der Waals surface area (Å²) in [5.74, 6) is 0. The van der Waals surface area contributed by atoms with E-state index in [2.05, 4.69) is 4.99 Å². The van der Waals surface area contributed by atoms with Crippen LogP contribution in [0.25, 0.3) is 0 Å². The lowest BCUT2D eigenvalue weighted by Crippen LogP contribution is -2.39. The molecule has 0 amide bonds. The number of aliphatic imine (C=N–C) groups is 1. The molecule has 0 saturated heterocycles. The van der Waals surface area contributed by atoms with E-state index in [0.717, 1.165) is 6.26 Å². The highest BCUT2D eigenvalue weighted by Gasteiger charge is 2.27. The summed E-state index contributed by atoms with van der Waals surface area (Å²) in [6.45, 7) is 5.88. The quantitative estimate of drug-likeness (QED) is 0.529. The minimum Gasteiger partial charge on any atom is -0.213 e. The zero-order valence-electron chi connectivity index (χ0n) is 9.81. The topological polar surface area (TPSA) is 66.8 Å². The van der Waals surface area contributed by atoms with E-state index in [9.17, 15) is 13.2 Å². The predicted octanol–water partition coefficient (Wildman–Crippen LogP) is 0.628. The van der Waals surface area contributed by atoms with Gasteiger partial charge in [-0.25, -0.2) is 22.5 Å². The van der Waals surface area contributed by atoms with Crippen molar-refractivity contribution in [3.8, 4) is 0 Å². The van der Waals surface area contributed by atoms with Crippen molar-refractivity contribution in [3.63, 3.8) is 0 Å². The molecule has 1 unspecified atom stereocenters. The molecule has 0 aliphatic heterocycles. The maximum atomic E-state index is 11.2. The number of hydrogen-bond acceptors (Lipinski definition) is 4. The van der Waals surface area contributed by atoms with Crippen molar-refractivity contribution in [1.29, 1.82) is 0 Å². The van der Waals surface area contributed by atoms with Gasteiger partial charge in [-0.1, -0.05) is 20.8 Å². The number of nitrogens with zero attached hydrogens (tertiary/aromatic N) is 2. The normalized spacial score (nSPS) is 14.8. The Morgan fingerprint density at radius 3 is 2.13 bits per heavy atom. The average Bonchev–Trinajstić information content (AvgIpc) is 1.99. The van der Waals surface area contributed by atoms with E-state index in [1.807, 2.05) is 20.8 Å². The Balaban J connectivity index is 4.80. The summed E-state index contributed by atoms with van der Waals surface area (Å²) in [6, 6.07) is -0.380. The summed E-state index contributed by atoms with van der Waals surface area (Å²) >= 11 is 0. The van der Waals surface area contributed by atoms with E-state index in [4.69, 9.17) is 0 Å². The molecule has 0 aromatic heterocycles. The summed E-state index contributed by atoms with van der Waals surface area (Å²) in [4.78, 5) is 13.9. The smallest absolute Gasteiger partial charge is 0.213 e. The minimum atomic E-state index is -3.23.